The Morgan fingerprint density at radius 3 is 2.65 bits per heavy atom. The lowest BCUT2D eigenvalue weighted by molar-refractivity contribution is 0.237. The molecule has 17 heavy (non-hydrogen) atoms. The van der Waals surface area contributed by atoms with Crippen molar-refractivity contribution in [2.45, 2.75) is 56.9 Å². The molecule has 0 aromatic carbocycles. The van der Waals surface area contributed by atoms with Crippen molar-refractivity contribution >= 4 is 11.3 Å². The molecule has 1 aromatic rings. The zero-order valence-electron chi connectivity index (χ0n) is 10.7. The average molecular weight is 249 g/mol. The van der Waals surface area contributed by atoms with Crippen molar-refractivity contribution in [3.05, 3.63) is 22.4 Å². The van der Waals surface area contributed by atoms with Gasteiger partial charge in [0.25, 0.3) is 0 Å². The van der Waals surface area contributed by atoms with Crippen LogP contribution in [0.1, 0.15) is 50.3 Å². The standard InChI is InChI=1S/C15H23NS/c1-12-6-8-15(9-7-12,11-16-13-4-5-13)14-3-2-10-17-14/h2-3,10,12-13,16H,4-9,11H2,1H3. The van der Waals surface area contributed by atoms with Crippen LogP contribution in [-0.2, 0) is 5.41 Å². The molecular weight excluding hydrogens is 226 g/mol. The molecule has 3 rings (SSSR count). The molecule has 0 bridgehead atoms. The topological polar surface area (TPSA) is 12.0 Å². The number of hydrogen-bond acceptors (Lipinski definition) is 2. The van der Waals surface area contributed by atoms with E-state index in [0.717, 1.165) is 12.0 Å². The highest BCUT2D eigenvalue weighted by Gasteiger charge is 2.37. The van der Waals surface area contributed by atoms with E-state index in [-0.39, 0.29) is 0 Å². The third-order valence-electron chi connectivity index (χ3n) is 4.58. The molecule has 2 aliphatic carbocycles. The fraction of sp³-hybridized carbons (Fsp3) is 0.733. The van der Waals surface area contributed by atoms with Crippen LogP contribution in [0.2, 0.25) is 0 Å². The molecule has 0 atom stereocenters. The third kappa shape index (κ3) is 2.58. The van der Waals surface area contributed by atoms with Crippen molar-refractivity contribution in [2.24, 2.45) is 5.92 Å². The third-order valence-corrected chi connectivity index (χ3v) is 5.70. The smallest absolute Gasteiger partial charge is 0.0172 e. The molecule has 1 heterocycles. The van der Waals surface area contributed by atoms with E-state index in [0.29, 0.717) is 5.41 Å². The minimum Gasteiger partial charge on any atom is -0.313 e. The van der Waals surface area contributed by atoms with Gasteiger partial charge in [0.15, 0.2) is 0 Å². The second-order valence-corrected chi connectivity index (χ2v) is 7.04. The van der Waals surface area contributed by atoms with E-state index in [1.807, 2.05) is 11.3 Å². The second-order valence-electron chi connectivity index (χ2n) is 6.10. The van der Waals surface area contributed by atoms with Gasteiger partial charge in [0.2, 0.25) is 0 Å². The van der Waals surface area contributed by atoms with Crippen LogP contribution in [0.15, 0.2) is 17.5 Å². The predicted octanol–water partition coefficient (Wildman–Crippen LogP) is 3.95. The van der Waals surface area contributed by atoms with E-state index in [2.05, 4.69) is 29.8 Å². The summed E-state index contributed by atoms with van der Waals surface area (Å²) in [5.74, 6) is 0.934. The molecule has 0 saturated heterocycles. The molecule has 1 N–H and O–H groups in total. The first kappa shape index (κ1) is 11.7. The molecule has 2 heteroatoms. The van der Waals surface area contributed by atoms with Gasteiger partial charge in [-0.2, -0.15) is 0 Å². The molecule has 0 spiro atoms. The number of hydrogen-bond donors (Lipinski definition) is 1. The fourth-order valence-corrected chi connectivity index (χ4v) is 4.02. The van der Waals surface area contributed by atoms with Gasteiger partial charge < -0.3 is 5.32 Å². The quantitative estimate of drug-likeness (QED) is 0.852. The van der Waals surface area contributed by atoms with E-state index in [9.17, 15) is 0 Å². The highest BCUT2D eigenvalue weighted by molar-refractivity contribution is 7.10. The lowest BCUT2D eigenvalue weighted by Gasteiger charge is -2.39. The van der Waals surface area contributed by atoms with Gasteiger partial charge in [0, 0.05) is 22.9 Å². The van der Waals surface area contributed by atoms with Crippen LogP contribution in [-0.4, -0.2) is 12.6 Å². The Kier molecular flexibility index (Phi) is 3.27. The molecule has 0 unspecified atom stereocenters. The summed E-state index contributed by atoms with van der Waals surface area (Å²) in [5.41, 5.74) is 0.462. The molecule has 0 aliphatic heterocycles. The van der Waals surface area contributed by atoms with Crippen molar-refractivity contribution in [1.82, 2.24) is 5.32 Å². The summed E-state index contributed by atoms with van der Waals surface area (Å²) in [6, 6.07) is 5.41. The molecule has 2 saturated carbocycles. The van der Waals surface area contributed by atoms with E-state index in [1.165, 1.54) is 45.1 Å². The summed E-state index contributed by atoms with van der Waals surface area (Å²) in [5, 5.41) is 6.02. The first-order valence-electron chi connectivity index (χ1n) is 7.06. The first-order chi connectivity index (χ1) is 8.28. The van der Waals surface area contributed by atoms with Gasteiger partial charge in [-0.05, 0) is 55.9 Å². The summed E-state index contributed by atoms with van der Waals surface area (Å²) >= 11 is 1.96. The van der Waals surface area contributed by atoms with Crippen LogP contribution in [0.4, 0.5) is 0 Å². The largest absolute Gasteiger partial charge is 0.313 e. The Hall–Kier alpha value is -0.340. The van der Waals surface area contributed by atoms with Gasteiger partial charge in [0.05, 0.1) is 0 Å². The van der Waals surface area contributed by atoms with Gasteiger partial charge in [-0.1, -0.05) is 13.0 Å². The highest BCUT2D eigenvalue weighted by Crippen LogP contribution is 2.43. The van der Waals surface area contributed by atoms with E-state index < -0.39 is 0 Å². The lowest BCUT2D eigenvalue weighted by Crippen LogP contribution is -2.41. The average Bonchev–Trinajstić information content (AvgIpc) is 3.01. The van der Waals surface area contributed by atoms with Crippen LogP contribution >= 0.6 is 11.3 Å². The number of nitrogens with one attached hydrogen (secondary N) is 1. The summed E-state index contributed by atoms with van der Waals surface area (Å²) in [6.07, 6.45) is 8.38. The monoisotopic (exact) mass is 249 g/mol. The molecule has 1 nitrogen and oxygen atoms in total. The predicted molar refractivity (Wildman–Crippen MR) is 74.7 cm³/mol. The minimum absolute atomic E-state index is 0.462. The Balaban J connectivity index is 1.74. The molecule has 2 fully saturated rings. The summed E-state index contributed by atoms with van der Waals surface area (Å²) in [6.45, 7) is 3.62. The molecule has 2 aliphatic rings. The second kappa shape index (κ2) is 4.74. The molecule has 0 amide bonds. The summed E-state index contributed by atoms with van der Waals surface area (Å²) in [4.78, 5) is 1.62. The Bertz CT molecular complexity index is 345. The maximum atomic E-state index is 3.78. The van der Waals surface area contributed by atoms with E-state index in [4.69, 9.17) is 0 Å². The highest BCUT2D eigenvalue weighted by atomic mass is 32.1. The van der Waals surface area contributed by atoms with Crippen molar-refractivity contribution in [3.63, 3.8) is 0 Å². The summed E-state index contributed by atoms with van der Waals surface area (Å²) < 4.78 is 0. The normalized spacial score (nSPS) is 33.8. The number of rotatable bonds is 4. The first-order valence-corrected chi connectivity index (χ1v) is 7.94. The van der Waals surface area contributed by atoms with Gasteiger partial charge in [-0.15, -0.1) is 11.3 Å². The van der Waals surface area contributed by atoms with Gasteiger partial charge in [0.1, 0.15) is 0 Å². The molecule has 0 radical (unpaired) electrons. The van der Waals surface area contributed by atoms with Crippen molar-refractivity contribution < 1.29 is 0 Å². The Morgan fingerprint density at radius 1 is 1.29 bits per heavy atom. The zero-order valence-corrected chi connectivity index (χ0v) is 11.6. The van der Waals surface area contributed by atoms with Crippen LogP contribution in [0.3, 0.4) is 0 Å². The van der Waals surface area contributed by atoms with Crippen LogP contribution < -0.4 is 5.32 Å². The lowest BCUT2D eigenvalue weighted by atomic mass is 9.70. The van der Waals surface area contributed by atoms with Gasteiger partial charge in [-0.25, -0.2) is 0 Å². The maximum absolute atomic E-state index is 3.78. The van der Waals surface area contributed by atoms with Gasteiger partial charge >= 0.3 is 0 Å². The van der Waals surface area contributed by atoms with Crippen molar-refractivity contribution in [3.8, 4) is 0 Å². The van der Waals surface area contributed by atoms with Crippen molar-refractivity contribution in [1.29, 1.82) is 0 Å². The maximum Gasteiger partial charge on any atom is 0.0172 e. The van der Waals surface area contributed by atoms with Crippen LogP contribution in [0, 0.1) is 5.92 Å². The Morgan fingerprint density at radius 2 is 2.06 bits per heavy atom. The minimum atomic E-state index is 0.462. The Labute approximate surface area is 109 Å². The van der Waals surface area contributed by atoms with Crippen molar-refractivity contribution in [2.75, 3.05) is 6.54 Å². The van der Waals surface area contributed by atoms with E-state index in [1.54, 1.807) is 4.88 Å². The molecular formula is C15H23NS. The van der Waals surface area contributed by atoms with Crippen LogP contribution in [0.25, 0.3) is 0 Å². The fourth-order valence-electron chi connectivity index (χ4n) is 3.03. The van der Waals surface area contributed by atoms with E-state index >= 15 is 0 Å². The zero-order chi connectivity index (χ0) is 11.7. The van der Waals surface area contributed by atoms with Gasteiger partial charge in [-0.3, -0.25) is 0 Å². The summed E-state index contributed by atoms with van der Waals surface area (Å²) in [7, 11) is 0. The van der Waals surface area contributed by atoms with Crippen LogP contribution in [0.5, 0.6) is 0 Å². The number of thiophene rings is 1. The SMILES string of the molecule is CC1CCC(CNC2CC2)(c2cccs2)CC1. The molecule has 94 valence electrons. The molecule has 1 aromatic heterocycles.